The number of carbonyl (C=O) groups is 1. The van der Waals surface area contributed by atoms with E-state index < -0.39 is 0 Å². The van der Waals surface area contributed by atoms with Crippen molar-refractivity contribution in [3.63, 3.8) is 0 Å². The average molecular weight is 232 g/mol. The van der Waals surface area contributed by atoms with Gasteiger partial charge in [0, 0.05) is 10.6 Å². The Labute approximate surface area is 98.2 Å². The van der Waals surface area contributed by atoms with Crippen molar-refractivity contribution in [2.75, 3.05) is 5.32 Å². The second kappa shape index (κ2) is 4.90. The lowest BCUT2D eigenvalue weighted by Crippen LogP contribution is -2.04. The molecule has 0 spiro atoms. The van der Waals surface area contributed by atoms with Crippen LogP contribution in [0.2, 0.25) is 0 Å². The van der Waals surface area contributed by atoms with E-state index in [1.165, 1.54) is 4.88 Å². The van der Waals surface area contributed by atoms with Crippen LogP contribution in [0.4, 0.5) is 5.82 Å². The van der Waals surface area contributed by atoms with Gasteiger partial charge in [-0.1, -0.05) is 6.07 Å². The molecule has 0 aromatic carbocycles. The first-order valence-electron chi connectivity index (χ1n) is 4.98. The molecule has 1 N–H and O–H groups in total. The molecule has 0 bridgehead atoms. The maximum absolute atomic E-state index is 10.8. The van der Waals surface area contributed by atoms with Crippen LogP contribution in [0.3, 0.4) is 0 Å². The molecule has 0 radical (unpaired) electrons. The second-order valence-electron chi connectivity index (χ2n) is 3.44. The molecule has 0 fully saturated rings. The number of thiophene rings is 1. The van der Waals surface area contributed by atoms with Crippen LogP contribution in [0.1, 0.15) is 20.9 Å². The second-order valence-corrected chi connectivity index (χ2v) is 4.47. The highest BCUT2D eigenvalue weighted by Crippen LogP contribution is 2.14. The number of carbonyl (C=O) groups excluding carboxylic acids is 1. The number of pyridine rings is 1. The molecular formula is C12H12N2OS. The van der Waals surface area contributed by atoms with Gasteiger partial charge in [-0.3, -0.25) is 4.79 Å². The highest BCUT2D eigenvalue weighted by molar-refractivity contribution is 7.09. The first-order valence-corrected chi connectivity index (χ1v) is 5.86. The molecule has 0 atom stereocenters. The topological polar surface area (TPSA) is 42.0 Å². The van der Waals surface area contributed by atoms with Crippen LogP contribution < -0.4 is 5.32 Å². The molecule has 82 valence electrons. The first kappa shape index (κ1) is 10.8. The molecule has 0 amide bonds. The summed E-state index contributed by atoms with van der Waals surface area (Å²) < 4.78 is 0. The van der Waals surface area contributed by atoms with Gasteiger partial charge in [-0.25, -0.2) is 4.98 Å². The predicted octanol–water partition coefficient (Wildman–Crippen LogP) is 2.88. The van der Waals surface area contributed by atoms with Crippen molar-refractivity contribution in [3.05, 3.63) is 45.8 Å². The van der Waals surface area contributed by atoms with E-state index in [9.17, 15) is 4.79 Å². The standard InChI is InChI=1S/C12H12N2OS/c1-9-4-5-10(8-15)12(14-9)13-7-11-3-2-6-16-11/h2-6,8H,7H2,1H3,(H,13,14). The van der Waals surface area contributed by atoms with Crippen molar-refractivity contribution in [3.8, 4) is 0 Å². The number of hydrogen-bond donors (Lipinski definition) is 1. The number of hydrogen-bond acceptors (Lipinski definition) is 4. The van der Waals surface area contributed by atoms with E-state index in [-0.39, 0.29) is 0 Å². The molecule has 0 aliphatic carbocycles. The van der Waals surface area contributed by atoms with Crippen LogP contribution >= 0.6 is 11.3 Å². The lowest BCUT2D eigenvalue weighted by Gasteiger charge is -2.07. The Morgan fingerprint density at radius 2 is 2.31 bits per heavy atom. The van der Waals surface area contributed by atoms with Crippen molar-refractivity contribution >= 4 is 23.4 Å². The molecule has 3 nitrogen and oxygen atoms in total. The van der Waals surface area contributed by atoms with Gasteiger partial charge in [-0.15, -0.1) is 11.3 Å². The fourth-order valence-electron chi connectivity index (χ4n) is 1.39. The van der Waals surface area contributed by atoms with Gasteiger partial charge < -0.3 is 5.32 Å². The van der Waals surface area contributed by atoms with E-state index in [2.05, 4.69) is 10.3 Å². The number of aryl methyl sites for hydroxylation is 1. The van der Waals surface area contributed by atoms with Gasteiger partial charge in [0.2, 0.25) is 0 Å². The zero-order valence-electron chi connectivity index (χ0n) is 8.93. The van der Waals surface area contributed by atoms with Gasteiger partial charge in [-0.2, -0.15) is 0 Å². The van der Waals surface area contributed by atoms with Crippen LogP contribution in [-0.2, 0) is 6.54 Å². The van der Waals surface area contributed by atoms with Gasteiger partial charge in [-0.05, 0) is 30.5 Å². The number of nitrogens with one attached hydrogen (secondary N) is 1. The summed E-state index contributed by atoms with van der Waals surface area (Å²) in [6.07, 6.45) is 0.823. The minimum atomic E-state index is 0.599. The van der Waals surface area contributed by atoms with E-state index in [0.717, 1.165) is 12.0 Å². The molecule has 2 heterocycles. The summed E-state index contributed by atoms with van der Waals surface area (Å²) >= 11 is 1.68. The van der Waals surface area contributed by atoms with Gasteiger partial charge >= 0.3 is 0 Å². The fraction of sp³-hybridized carbons (Fsp3) is 0.167. The molecule has 4 heteroatoms. The molecule has 0 unspecified atom stereocenters. The Hall–Kier alpha value is -1.68. The Bertz CT molecular complexity index is 480. The van der Waals surface area contributed by atoms with Gasteiger partial charge in [0.25, 0.3) is 0 Å². The number of aldehydes is 1. The predicted molar refractivity (Wildman–Crippen MR) is 66.0 cm³/mol. The van der Waals surface area contributed by atoms with Gasteiger partial charge in [0.15, 0.2) is 6.29 Å². The molecule has 2 aromatic rings. The maximum atomic E-state index is 10.8. The van der Waals surface area contributed by atoms with Crippen LogP contribution in [-0.4, -0.2) is 11.3 Å². The smallest absolute Gasteiger partial charge is 0.153 e. The van der Waals surface area contributed by atoms with Crippen LogP contribution in [0.25, 0.3) is 0 Å². The molecule has 0 aliphatic rings. The summed E-state index contributed by atoms with van der Waals surface area (Å²) in [5.41, 5.74) is 1.50. The van der Waals surface area contributed by atoms with Crippen LogP contribution in [0.15, 0.2) is 29.6 Å². The lowest BCUT2D eigenvalue weighted by atomic mass is 10.2. The number of rotatable bonds is 4. The zero-order valence-corrected chi connectivity index (χ0v) is 9.75. The third-order valence-corrected chi connectivity index (χ3v) is 3.08. The average Bonchev–Trinajstić information content (AvgIpc) is 2.79. The van der Waals surface area contributed by atoms with E-state index in [0.29, 0.717) is 17.9 Å². The molecule has 0 saturated heterocycles. The third-order valence-electron chi connectivity index (χ3n) is 2.20. The summed E-state index contributed by atoms with van der Waals surface area (Å²) in [6, 6.07) is 7.67. The Balaban J connectivity index is 2.14. The molecule has 0 aliphatic heterocycles. The first-order chi connectivity index (χ1) is 7.79. The van der Waals surface area contributed by atoms with Crippen molar-refractivity contribution in [2.45, 2.75) is 13.5 Å². The van der Waals surface area contributed by atoms with Crippen molar-refractivity contribution in [1.29, 1.82) is 0 Å². The molecule has 0 saturated carbocycles. The summed E-state index contributed by atoms with van der Waals surface area (Å²) in [5, 5.41) is 5.20. The Morgan fingerprint density at radius 1 is 1.44 bits per heavy atom. The van der Waals surface area contributed by atoms with Crippen molar-refractivity contribution < 1.29 is 4.79 Å². The van der Waals surface area contributed by atoms with Crippen molar-refractivity contribution in [2.24, 2.45) is 0 Å². The van der Waals surface area contributed by atoms with Gasteiger partial charge in [0.1, 0.15) is 5.82 Å². The van der Waals surface area contributed by atoms with E-state index in [1.807, 2.05) is 30.5 Å². The SMILES string of the molecule is Cc1ccc(C=O)c(NCc2cccs2)n1. The van der Waals surface area contributed by atoms with E-state index in [1.54, 1.807) is 17.4 Å². The van der Waals surface area contributed by atoms with Crippen LogP contribution in [0.5, 0.6) is 0 Å². The quantitative estimate of drug-likeness (QED) is 0.824. The van der Waals surface area contributed by atoms with E-state index >= 15 is 0 Å². The molecule has 2 rings (SSSR count). The summed E-state index contributed by atoms with van der Waals surface area (Å²) in [6.45, 7) is 2.61. The zero-order chi connectivity index (χ0) is 11.4. The number of nitrogens with zero attached hydrogens (tertiary/aromatic N) is 1. The number of anilines is 1. The Kier molecular flexibility index (Phi) is 3.31. The fourth-order valence-corrected chi connectivity index (χ4v) is 2.03. The normalized spacial score (nSPS) is 10.1. The number of aromatic nitrogens is 1. The summed E-state index contributed by atoms with van der Waals surface area (Å²) in [5.74, 6) is 0.656. The van der Waals surface area contributed by atoms with Crippen LogP contribution in [0, 0.1) is 6.92 Å². The highest BCUT2D eigenvalue weighted by Gasteiger charge is 2.03. The molecular weight excluding hydrogens is 220 g/mol. The summed E-state index contributed by atoms with van der Waals surface area (Å²) in [4.78, 5) is 16.4. The van der Waals surface area contributed by atoms with Crippen molar-refractivity contribution in [1.82, 2.24) is 4.98 Å². The minimum Gasteiger partial charge on any atom is -0.365 e. The highest BCUT2D eigenvalue weighted by atomic mass is 32.1. The third kappa shape index (κ3) is 2.46. The monoisotopic (exact) mass is 232 g/mol. The summed E-state index contributed by atoms with van der Waals surface area (Å²) in [7, 11) is 0. The maximum Gasteiger partial charge on any atom is 0.153 e. The minimum absolute atomic E-state index is 0.599. The Morgan fingerprint density at radius 3 is 3.00 bits per heavy atom. The molecule has 2 aromatic heterocycles. The van der Waals surface area contributed by atoms with E-state index in [4.69, 9.17) is 0 Å². The lowest BCUT2D eigenvalue weighted by molar-refractivity contribution is 0.112. The van der Waals surface area contributed by atoms with Gasteiger partial charge in [0.05, 0.1) is 12.1 Å². The largest absolute Gasteiger partial charge is 0.365 e. The molecule has 16 heavy (non-hydrogen) atoms.